The Hall–Kier alpha value is -2.54. The van der Waals surface area contributed by atoms with Crippen LogP contribution in [0.2, 0.25) is 0 Å². The van der Waals surface area contributed by atoms with Gasteiger partial charge in [0.05, 0.1) is 16.3 Å². The molecule has 0 saturated carbocycles. The number of rotatable bonds is 4. The van der Waals surface area contributed by atoms with Gasteiger partial charge in [-0.3, -0.25) is 0 Å². The molecule has 0 spiro atoms. The number of amides is 2. The zero-order valence-electron chi connectivity index (χ0n) is 14.8. The fourth-order valence-corrected chi connectivity index (χ4v) is 4.31. The van der Waals surface area contributed by atoms with Crippen LogP contribution in [-0.2, 0) is 16.3 Å². The number of carbonyl (C=O) groups excluding carboxylic acids is 1. The summed E-state index contributed by atoms with van der Waals surface area (Å²) in [7, 11) is -0.303. The third-order valence-electron chi connectivity index (χ3n) is 4.47. The summed E-state index contributed by atoms with van der Waals surface area (Å²) < 4.78 is 31.6. The molecule has 1 atom stereocenters. The van der Waals surface area contributed by atoms with Gasteiger partial charge in [-0.2, -0.15) is 0 Å². The summed E-state index contributed by atoms with van der Waals surface area (Å²) in [5, 5.41) is 2.57. The Morgan fingerprint density at radius 1 is 1.19 bits per heavy atom. The van der Waals surface area contributed by atoms with Crippen molar-refractivity contribution in [3.8, 4) is 5.75 Å². The van der Waals surface area contributed by atoms with E-state index < -0.39 is 9.84 Å². The molecule has 0 saturated heterocycles. The van der Waals surface area contributed by atoms with Crippen LogP contribution in [-0.4, -0.2) is 46.1 Å². The maximum Gasteiger partial charge on any atom is 0.317 e. The molecular formula is C19H22N2O4S. The number of ether oxygens (including phenoxy) is 1. The van der Waals surface area contributed by atoms with Gasteiger partial charge in [0.15, 0.2) is 0 Å². The Kier molecular flexibility index (Phi) is 5.18. The molecule has 0 bridgehead atoms. The van der Waals surface area contributed by atoms with Gasteiger partial charge in [-0.05, 0) is 42.7 Å². The van der Waals surface area contributed by atoms with Gasteiger partial charge in [0.1, 0.15) is 11.9 Å². The smallest absolute Gasteiger partial charge is 0.317 e. The average molecular weight is 374 g/mol. The van der Waals surface area contributed by atoms with Crippen molar-refractivity contribution in [3.63, 3.8) is 0 Å². The monoisotopic (exact) mass is 374 g/mol. The predicted molar refractivity (Wildman–Crippen MR) is 98.2 cm³/mol. The molecule has 0 radical (unpaired) electrons. The van der Waals surface area contributed by atoms with E-state index in [2.05, 4.69) is 5.32 Å². The summed E-state index contributed by atoms with van der Waals surface area (Å²) in [5.74, 6) is 0.573. The third kappa shape index (κ3) is 3.67. The molecule has 3 rings (SSSR count). The molecule has 0 unspecified atom stereocenters. The zero-order valence-corrected chi connectivity index (χ0v) is 15.6. The Morgan fingerprint density at radius 2 is 1.92 bits per heavy atom. The van der Waals surface area contributed by atoms with Crippen LogP contribution in [0.25, 0.3) is 0 Å². The number of nitrogens with zero attached hydrogens (tertiary/aromatic N) is 1. The Bertz CT molecular complexity index is 897. The van der Waals surface area contributed by atoms with E-state index in [1.165, 1.54) is 0 Å². The van der Waals surface area contributed by atoms with Crippen LogP contribution < -0.4 is 10.1 Å². The first-order valence-corrected chi connectivity index (χ1v) is 9.92. The fourth-order valence-electron chi connectivity index (χ4n) is 3.02. The van der Waals surface area contributed by atoms with Gasteiger partial charge in [-0.25, -0.2) is 13.2 Å². The molecule has 2 aromatic carbocycles. The van der Waals surface area contributed by atoms with Gasteiger partial charge >= 0.3 is 6.03 Å². The second kappa shape index (κ2) is 7.37. The van der Waals surface area contributed by atoms with Crippen LogP contribution in [0, 0.1) is 0 Å². The number of nitrogens with one attached hydrogen (secondary N) is 1. The van der Waals surface area contributed by atoms with Gasteiger partial charge in [0, 0.05) is 14.1 Å². The summed E-state index contributed by atoms with van der Waals surface area (Å²) >= 11 is 0. The molecule has 0 fully saturated rings. The largest absolute Gasteiger partial charge is 0.488 e. The van der Waals surface area contributed by atoms with Crippen molar-refractivity contribution in [2.45, 2.75) is 28.7 Å². The zero-order chi connectivity index (χ0) is 18.7. The number of sulfone groups is 1. The first-order valence-electron chi connectivity index (χ1n) is 8.44. The number of fused-ring (bicyclic) bond motifs is 1. The summed E-state index contributed by atoms with van der Waals surface area (Å²) in [6.07, 6.45) is 1.39. The lowest BCUT2D eigenvalue weighted by atomic mass is 10.0. The van der Waals surface area contributed by atoms with Crippen LogP contribution in [0.3, 0.4) is 0 Å². The topological polar surface area (TPSA) is 75.7 Å². The first-order chi connectivity index (χ1) is 12.4. The molecule has 0 aliphatic carbocycles. The lowest BCUT2D eigenvalue weighted by molar-refractivity contribution is 0.132. The molecule has 0 aromatic heterocycles. The van der Waals surface area contributed by atoms with Crippen LogP contribution in [0.4, 0.5) is 4.79 Å². The standard InChI is InChI=1S/C19H22N2O4S/c1-20-19(22)21(2)13-15-10-8-14-9-11-17(12-18(14)25-15)26(23,24)16-6-4-3-5-7-16/h3-7,9,11-12,15H,8,10,13H2,1-2H3,(H,20,22)/t15-/m1/s1. The SMILES string of the molecule is CNC(=O)N(C)C[C@H]1CCc2ccc(S(=O)(=O)c3ccccc3)cc2O1. The third-order valence-corrected chi connectivity index (χ3v) is 6.24. The average Bonchev–Trinajstić information content (AvgIpc) is 2.67. The highest BCUT2D eigenvalue weighted by Crippen LogP contribution is 2.32. The van der Waals surface area contributed by atoms with Crippen molar-refractivity contribution in [1.82, 2.24) is 10.2 Å². The Morgan fingerprint density at radius 3 is 2.62 bits per heavy atom. The highest BCUT2D eigenvalue weighted by Gasteiger charge is 2.25. The van der Waals surface area contributed by atoms with Crippen molar-refractivity contribution in [2.24, 2.45) is 0 Å². The molecule has 7 heteroatoms. The van der Waals surface area contributed by atoms with E-state index >= 15 is 0 Å². The highest BCUT2D eigenvalue weighted by atomic mass is 32.2. The molecule has 26 heavy (non-hydrogen) atoms. The molecule has 1 N–H and O–H groups in total. The van der Waals surface area contributed by atoms with Gasteiger partial charge in [-0.1, -0.05) is 24.3 Å². The first kappa shape index (κ1) is 18.3. The van der Waals surface area contributed by atoms with E-state index in [0.29, 0.717) is 12.3 Å². The van der Waals surface area contributed by atoms with E-state index in [9.17, 15) is 13.2 Å². The Labute approximate surface area is 153 Å². The predicted octanol–water partition coefficient (Wildman–Crippen LogP) is 2.48. The number of urea groups is 1. The second-order valence-corrected chi connectivity index (χ2v) is 8.25. The normalized spacial score (nSPS) is 16.3. The minimum absolute atomic E-state index is 0.167. The number of benzene rings is 2. The molecule has 138 valence electrons. The van der Waals surface area contributed by atoms with Crippen LogP contribution in [0.15, 0.2) is 58.3 Å². The molecule has 6 nitrogen and oxygen atoms in total. The summed E-state index contributed by atoms with van der Waals surface area (Å²) in [5.41, 5.74) is 0.982. The van der Waals surface area contributed by atoms with E-state index in [0.717, 1.165) is 18.4 Å². The minimum Gasteiger partial charge on any atom is -0.488 e. The number of carbonyl (C=O) groups is 1. The minimum atomic E-state index is -3.58. The van der Waals surface area contributed by atoms with Crippen molar-refractivity contribution in [2.75, 3.05) is 20.6 Å². The van der Waals surface area contributed by atoms with Crippen LogP contribution in [0.1, 0.15) is 12.0 Å². The molecule has 1 aliphatic rings. The molecule has 1 heterocycles. The van der Waals surface area contributed by atoms with Crippen molar-refractivity contribution in [3.05, 3.63) is 54.1 Å². The fraction of sp³-hybridized carbons (Fsp3) is 0.316. The van der Waals surface area contributed by atoms with Crippen molar-refractivity contribution in [1.29, 1.82) is 0 Å². The van der Waals surface area contributed by atoms with E-state index in [4.69, 9.17) is 4.74 Å². The van der Waals surface area contributed by atoms with E-state index in [1.54, 1.807) is 61.5 Å². The maximum atomic E-state index is 12.8. The summed E-state index contributed by atoms with van der Waals surface area (Å²) in [6, 6.07) is 13.2. The van der Waals surface area contributed by atoms with Crippen molar-refractivity contribution < 1.29 is 17.9 Å². The van der Waals surface area contributed by atoms with E-state index in [1.807, 2.05) is 6.07 Å². The van der Waals surface area contributed by atoms with Gasteiger partial charge in [0.25, 0.3) is 0 Å². The second-order valence-electron chi connectivity index (χ2n) is 6.30. The summed E-state index contributed by atoms with van der Waals surface area (Å²) in [4.78, 5) is 13.7. The molecule has 2 amide bonds. The number of hydrogen-bond acceptors (Lipinski definition) is 4. The van der Waals surface area contributed by atoms with Gasteiger partial charge < -0.3 is 15.0 Å². The highest BCUT2D eigenvalue weighted by molar-refractivity contribution is 7.91. The lowest BCUT2D eigenvalue weighted by Gasteiger charge is -2.29. The van der Waals surface area contributed by atoms with Gasteiger partial charge in [-0.15, -0.1) is 0 Å². The molecular weight excluding hydrogens is 352 g/mol. The van der Waals surface area contributed by atoms with Crippen LogP contribution >= 0.6 is 0 Å². The van der Waals surface area contributed by atoms with E-state index in [-0.39, 0.29) is 21.9 Å². The lowest BCUT2D eigenvalue weighted by Crippen LogP contribution is -2.42. The molecule has 2 aromatic rings. The molecule has 1 aliphatic heterocycles. The quantitative estimate of drug-likeness (QED) is 0.892. The number of likely N-dealkylation sites (N-methyl/N-ethyl adjacent to an activating group) is 1. The summed E-state index contributed by atoms with van der Waals surface area (Å²) in [6.45, 7) is 0.439. The number of aryl methyl sites for hydroxylation is 1. The van der Waals surface area contributed by atoms with Crippen LogP contribution in [0.5, 0.6) is 5.75 Å². The maximum absolute atomic E-state index is 12.8. The Balaban J connectivity index is 1.83. The number of hydrogen-bond donors (Lipinski definition) is 1. The van der Waals surface area contributed by atoms with Gasteiger partial charge in [0.2, 0.25) is 9.84 Å². The van der Waals surface area contributed by atoms with Crippen molar-refractivity contribution >= 4 is 15.9 Å².